The van der Waals surface area contributed by atoms with E-state index in [-0.39, 0.29) is 6.61 Å². The highest BCUT2D eigenvalue weighted by Gasteiger charge is 2.07. The van der Waals surface area contributed by atoms with Crippen LogP contribution in [0.4, 0.5) is 0 Å². The Hall–Kier alpha value is -1.09. The van der Waals surface area contributed by atoms with Crippen LogP contribution in [0.2, 0.25) is 0 Å². The summed E-state index contributed by atoms with van der Waals surface area (Å²) in [5.74, 6) is 0.721. The first kappa shape index (κ1) is 14.0. The fraction of sp³-hybridized carbons (Fsp3) is 0.417. The number of para-hydroxylation sites is 1. The molecule has 1 rings (SSSR count). The van der Waals surface area contributed by atoms with Crippen LogP contribution >= 0.6 is 15.9 Å². The lowest BCUT2D eigenvalue weighted by molar-refractivity contribution is 0.199. The first-order valence-corrected chi connectivity index (χ1v) is 6.05. The van der Waals surface area contributed by atoms with Crippen molar-refractivity contribution in [2.75, 3.05) is 26.9 Å². The molecule has 92 valence electrons. The second kappa shape index (κ2) is 8.07. The van der Waals surface area contributed by atoms with Crippen LogP contribution in [0.1, 0.15) is 5.56 Å². The number of nitrogens with zero attached hydrogens (tertiary/aromatic N) is 1. The summed E-state index contributed by atoms with van der Waals surface area (Å²) in [5.41, 5.74) is 1.02. The molecule has 4 nitrogen and oxygen atoms in total. The Morgan fingerprint density at radius 1 is 1.47 bits per heavy atom. The Labute approximate surface area is 110 Å². The fourth-order valence-corrected chi connectivity index (χ4v) is 1.88. The molecule has 0 heterocycles. The fourth-order valence-electron chi connectivity index (χ4n) is 1.36. The molecule has 0 saturated heterocycles. The van der Waals surface area contributed by atoms with E-state index in [0.717, 1.165) is 22.3 Å². The molecule has 0 aliphatic heterocycles. The van der Waals surface area contributed by atoms with Gasteiger partial charge in [0.2, 0.25) is 0 Å². The average molecular weight is 299 g/mol. The molecule has 17 heavy (non-hydrogen) atoms. The van der Waals surface area contributed by atoms with E-state index in [1.165, 1.54) is 0 Å². The van der Waals surface area contributed by atoms with Crippen molar-refractivity contribution in [1.82, 2.24) is 5.32 Å². The summed E-state index contributed by atoms with van der Waals surface area (Å²) in [5, 5.41) is 11.8. The molecule has 0 aliphatic carbocycles. The Kier molecular flexibility index (Phi) is 6.63. The minimum atomic E-state index is 0.0493. The van der Waals surface area contributed by atoms with Gasteiger partial charge in [-0.05, 0) is 22.0 Å². The zero-order valence-electron chi connectivity index (χ0n) is 9.70. The lowest BCUT2D eigenvalue weighted by Gasteiger charge is -2.11. The molecular weight excluding hydrogens is 284 g/mol. The third kappa shape index (κ3) is 4.73. The van der Waals surface area contributed by atoms with Crippen molar-refractivity contribution in [2.24, 2.45) is 0 Å². The molecule has 5 heteroatoms. The van der Waals surface area contributed by atoms with Crippen molar-refractivity contribution in [3.8, 4) is 11.8 Å². The minimum Gasteiger partial charge on any atom is -0.477 e. The zero-order valence-corrected chi connectivity index (χ0v) is 11.3. The Bertz CT molecular complexity index is 391. The van der Waals surface area contributed by atoms with E-state index in [9.17, 15) is 0 Å². The van der Waals surface area contributed by atoms with Crippen LogP contribution < -0.4 is 10.1 Å². The minimum absolute atomic E-state index is 0.0493. The summed E-state index contributed by atoms with van der Waals surface area (Å²) in [6, 6.07) is 7.77. The molecule has 0 aliphatic rings. The van der Waals surface area contributed by atoms with Crippen LogP contribution in [0.5, 0.6) is 5.75 Å². The maximum atomic E-state index is 8.53. The Morgan fingerprint density at radius 2 is 2.29 bits per heavy atom. The quantitative estimate of drug-likeness (QED) is 0.783. The molecule has 0 unspecified atom stereocenters. The topological polar surface area (TPSA) is 54.3 Å². The molecule has 1 N–H and O–H groups in total. The Balaban J connectivity index is 2.63. The Morgan fingerprint density at radius 3 is 3.00 bits per heavy atom. The van der Waals surface area contributed by atoms with Gasteiger partial charge in [-0.3, -0.25) is 0 Å². The number of hydrogen-bond acceptors (Lipinski definition) is 4. The summed E-state index contributed by atoms with van der Waals surface area (Å²) < 4.78 is 11.2. The smallest absolute Gasteiger partial charge is 0.174 e. The summed E-state index contributed by atoms with van der Waals surface area (Å²) in [6.45, 7) is 2.18. The van der Waals surface area contributed by atoms with E-state index in [0.29, 0.717) is 13.2 Å². The molecule has 0 spiro atoms. The molecule has 0 atom stereocenters. The van der Waals surface area contributed by atoms with Gasteiger partial charge in [-0.15, -0.1) is 0 Å². The van der Waals surface area contributed by atoms with Crippen molar-refractivity contribution in [1.29, 1.82) is 5.26 Å². The first-order chi connectivity index (χ1) is 8.29. The maximum Gasteiger partial charge on any atom is 0.174 e. The summed E-state index contributed by atoms with van der Waals surface area (Å²) >= 11 is 3.41. The predicted octanol–water partition coefficient (Wildman–Crippen LogP) is 2.09. The van der Waals surface area contributed by atoms with Crippen LogP contribution in [-0.4, -0.2) is 26.9 Å². The van der Waals surface area contributed by atoms with E-state index in [1.54, 1.807) is 7.11 Å². The summed E-state index contributed by atoms with van der Waals surface area (Å²) in [4.78, 5) is 0. The van der Waals surface area contributed by atoms with Gasteiger partial charge in [0.15, 0.2) is 6.61 Å². The second-order valence-electron chi connectivity index (χ2n) is 3.34. The van der Waals surface area contributed by atoms with Gasteiger partial charge in [-0.25, -0.2) is 0 Å². The van der Waals surface area contributed by atoms with Crippen LogP contribution in [0.15, 0.2) is 22.7 Å². The number of benzene rings is 1. The first-order valence-electron chi connectivity index (χ1n) is 5.26. The van der Waals surface area contributed by atoms with Gasteiger partial charge in [0.25, 0.3) is 0 Å². The molecular formula is C12H15BrN2O2. The van der Waals surface area contributed by atoms with Crippen LogP contribution in [0.3, 0.4) is 0 Å². The lowest BCUT2D eigenvalue weighted by Crippen LogP contribution is -2.19. The number of rotatable bonds is 7. The van der Waals surface area contributed by atoms with Crippen LogP contribution in [0.25, 0.3) is 0 Å². The van der Waals surface area contributed by atoms with E-state index in [1.807, 2.05) is 24.3 Å². The second-order valence-corrected chi connectivity index (χ2v) is 4.20. The predicted molar refractivity (Wildman–Crippen MR) is 68.8 cm³/mol. The highest BCUT2D eigenvalue weighted by molar-refractivity contribution is 9.10. The van der Waals surface area contributed by atoms with E-state index in [2.05, 4.69) is 21.2 Å². The number of methoxy groups -OCH3 is 1. The van der Waals surface area contributed by atoms with Gasteiger partial charge in [0, 0.05) is 25.8 Å². The van der Waals surface area contributed by atoms with Gasteiger partial charge in [-0.1, -0.05) is 12.1 Å². The molecule has 0 bridgehead atoms. The monoisotopic (exact) mass is 298 g/mol. The number of hydrogen-bond donors (Lipinski definition) is 1. The van der Waals surface area contributed by atoms with Crippen LogP contribution in [0, 0.1) is 11.3 Å². The lowest BCUT2D eigenvalue weighted by atomic mass is 10.2. The third-order valence-corrected chi connectivity index (χ3v) is 2.75. The van der Waals surface area contributed by atoms with Gasteiger partial charge < -0.3 is 14.8 Å². The van der Waals surface area contributed by atoms with Crippen molar-refractivity contribution >= 4 is 15.9 Å². The van der Waals surface area contributed by atoms with Gasteiger partial charge in [0.1, 0.15) is 11.8 Å². The molecule has 0 aromatic heterocycles. The van der Waals surface area contributed by atoms with Gasteiger partial charge >= 0.3 is 0 Å². The molecule has 1 aromatic carbocycles. The zero-order chi connectivity index (χ0) is 12.5. The largest absolute Gasteiger partial charge is 0.477 e. The van der Waals surface area contributed by atoms with Gasteiger partial charge in [0.05, 0.1) is 11.1 Å². The molecule has 0 fully saturated rings. The molecule has 1 aromatic rings. The van der Waals surface area contributed by atoms with Crippen LogP contribution in [-0.2, 0) is 11.3 Å². The normalized spacial score (nSPS) is 9.94. The van der Waals surface area contributed by atoms with E-state index < -0.39 is 0 Å². The SMILES string of the molecule is COCCNCc1cccc(Br)c1OCC#N. The van der Waals surface area contributed by atoms with Crippen molar-refractivity contribution in [3.05, 3.63) is 28.2 Å². The number of nitriles is 1. The summed E-state index contributed by atoms with van der Waals surface area (Å²) in [6.07, 6.45) is 0. The third-order valence-electron chi connectivity index (χ3n) is 2.13. The van der Waals surface area contributed by atoms with Crippen molar-refractivity contribution in [2.45, 2.75) is 6.54 Å². The van der Waals surface area contributed by atoms with Gasteiger partial charge in [-0.2, -0.15) is 5.26 Å². The average Bonchev–Trinajstić information content (AvgIpc) is 2.34. The van der Waals surface area contributed by atoms with Crippen molar-refractivity contribution in [3.63, 3.8) is 0 Å². The summed E-state index contributed by atoms with van der Waals surface area (Å²) in [7, 11) is 1.67. The highest BCUT2D eigenvalue weighted by Crippen LogP contribution is 2.28. The number of halogens is 1. The molecule has 0 saturated carbocycles. The molecule has 0 radical (unpaired) electrons. The highest BCUT2D eigenvalue weighted by atomic mass is 79.9. The standard InChI is InChI=1S/C12H15BrN2O2/c1-16-8-6-15-9-10-3-2-4-11(13)12(10)17-7-5-14/h2-4,15H,6-9H2,1H3. The number of ether oxygens (including phenoxy) is 2. The van der Waals surface area contributed by atoms with E-state index >= 15 is 0 Å². The van der Waals surface area contributed by atoms with Crippen molar-refractivity contribution < 1.29 is 9.47 Å². The maximum absolute atomic E-state index is 8.53. The van der Waals surface area contributed by atoms with E-state index in [4.69, 9.17) is 14.7 Å². The molecule has 0 amide bonds. The number of nitrogens with one attached hydrogen (secondary N) is 1.